The molecule has 0 amide bonds. The fraction of sp³-hybridized carbons (Fsp3) is 0.0909. The fourth-order valence-electron chi connectivity index (χ4n) is 1.59. The minimum absolute atomic E-state index is 0.0165. The molecule has 10 heteroatoms. The number of benzene rings is 1. The van der Waals surface area contributed by atoms with Crippen molar-refractivity contribution in [2.24, 2.45) is 0 Å². The average molecular weight is 351 g/mol. The third kappa shape index (κ3) is 3.52. The van der Waals surface area contributed by atoms with Crippen LogP contribution in [0, 0.1) is 12.7 Å². The van der Waals surface area contributed by atoms with Gasteiger partial charge < -0.3 is 5.73 Å². The second-order valence-electron chi connectivity index (χ2n) is 4.08. The first-order chi connectivity index (χ1) is 9.69. The molecule has 3 N–H and O–H groups in total. The Morgan fingerprint density at radius 1 is 1.24 bits per heavy atom. The number of hydrogen-bond acceptors (Lipinski definition) is 5. The molecule has 21 heavy (non-hydrogen) atoms. The molecule has 112 valence electrons. The zero-order valence-electron chi connectivity index (χ0n) is 10.6. The minimum atomic E-state index is -4.10. The lowest BCUT2D eigenvalue weighted by Crippen LogP contribution is -2.16. The third-order valence-corrected chi connectivity index (χ3v) is 4.36. The van der Waals surface area contributed by atoms with E-state index in [0.717, 1.165) is 12.1 Å². The van der Waals surface area contributed by atoms with Gasteiger partial charge in [-0.25, -0.2) is 17.8 Å². The van der Waals surface area contributed by atoms with Crippen LogP contribution in [0.15, 0.2) is 23.1 Å². The number of aromatic nitrogens is 2. The van der Waals surface area contributed by atoms with Crippen LogP contribution in [0.2, 0.25) is 10.4 Å². The van der Waals surface area contributed by atoms with Gasteiger partial charge in [0.25, 0.3) is 10.0 Å². The van der Waals surface area contributed by atoms with Gasteiger partial charge in [-0.05, 0) is 30.7 Å². The van der Waals surface area contributed by atoms with Crippen LogP contribution in [0.5, 0.6) is 0 Å². The highest BCUT2D eigenvalue weighted by Gasteiger charge is 2.21. The highest BCUT2D eigenvalue weighted by molar-refractivity contribution is 7.92. The van der Waals surface area contributed by atoms with E-state index in [0.29, 0.717) is 0 Å². The summed E-state index contributed by atoms with van der Waals surface area (Å²) >= 11 is 11.2. The van der Waals surface area contributed by atoms with Crippen molar-refractivity contribution in [2.75, 3.05) is 10.5 Å². The van der Waals surface area contributed by atoms with Crippen molar-refractivity contribution in [1.29, 1.82) is 0 Å². The molecule has 2 rings (SSSR count). The molecule has 1 aromatic carbocycles. The molecule has 0 fully saturated rings. The number of nitrogens with zero attached hydrogens (tertiary/aromatic N) is 2. The van der Waals surface area contributed by atoms with Gasteiger partial charge in [0.15, 0.2) is 0 Å². The number of hydrogen-bond donors (Lipinski definition) is 2. The summed E-state index contributed by atoms with van der Waals surface area (Å²) in [4.78, 5) is 6.96. The Hall–Kier alpha value is -1.64. The Bertz CT molecular complexity index is 794. The monoisotopic (exact) mass is 350 g/mol. The summed E-state index contributed by atoms with van der Waals surface area (Å²) in [5, 5.41) is -0.265. The molecule has 0 unspecified atom stereocenters. The Balaban J connectivity index is 2.48. The average Bonchev–Trinajstić information content (AvgIpc) is 2.31. The van der Waals surface area contributed by atoms with E-state index in [4.69, 9.17) is 28.9 Å². The van der Waals surface area contributed by atoms with Gasteiger partial charge in [-0.1, -0.05) is 11.6 Å². The van der Waals surface area contributed by atoms with Crippen LogP contribution in [0.3, 0.4) is 0 Å². The van der Waals surface area contributed by atoms with Crippen molar-refractivity contribution in [3.05, 3.63) is 40.0 Å². The van der Waals surface area contributed by atoms with Crippen molar-refractivity contribution >= 4 is 44.7 Å². The van der Waals surface area contributed by atoms with Crippen LogP contribution in [0.1, 0.15) is 5.56 Å². The first-order valence-electron chi connectivity index (χ1n) is 5.47. The van der Waals surface area contributed by atoms with Gasteiger partial charge in [-0.2, -0.15) is 4.98 Å². The van der Waals surface area contributed by atoms with Gasteiger partial charge >= 0.3 is 0 Å². The molecular weight excluding hydrogens is 342 g/mol. The van der Waals surface area contributed by atoms with E-state index >= 15 is 0 Å². The molecule has 0 aliphatic rings. The molecule has 1 aromatic heterocycles. The van der Waals surface area contributed by atoms with Crippen LogP contribution in [0.4, 0.5) is 15.9 Å². The fourth-order valence-corrected chi connectivity index (χ4v) is 3.28. The van der Waals surface area contributed by atoms with Crippen LogP contribution in [-0.4, -0.2) is 18.4 Å². The quantitative estimate of drug-likeness (QED) is 0.503. The molecule has 0 saturated carbocycles. The Morgan fingerprint density at radius 3 is 2.52 bits per heavy atom. The zero-order valence-corrected chi connectivity index (χ0v) is 12.9. The van der Waals surface area contributed by atoms with E-state index in [9.17, 15) is 12.8 Å². The number of sulfonamides is 1. The summed E-state index contributed by atoms with van der Waals surface area (Å²) in [6.07, 6.45) is 0. The summed E-state index contributed by atoms with van der Waals surface area (Å²) in [6, 6.07) is 3.35. The van der Waals surface area contributed by atoms with Crippen LogP contribution < -0.4 is 10.5 Å². The van der Waals surface area contributed by atoms with Gasteiger partial charge in [0.05, 0.1) is 4.90 Å². The molecule has 1 heterocycles. The molecule has 6 nitrogen and oxygen atoms in total. The van der Waals surface area contributed by atoms with E-state index in [1.807, 2.05) is 0 Å². The lowest BCUT2D eigenvalue weighted by atomic mass is 10.2. The van der Waals surface area contributed by atoms with Crippen LogP contribution >= 0.6 is 23.2 Å². The summed E-state index contributed by atoms with van der Waals surface area (Å²) < 4.78 is 40.3. The Kier molecular flexibility index (Phi) is 4.22. The molecule has 0 bridgehead atoms. The molecule has 0 spiro atoms. The van der Waals surface area contributed by atoms with Gasteiger partial charge in [0.2, 0.25) is 5.28 Å². The van der Waals surface area contributed by atoms with Crippen molar-refractivity contribution < 1.29 is 12.8 Å². The van der Waals surface area contributed by atoms with E-state index in [1.165, 1.54) is 13.0 Å². The first-order valence-corrected chi connectivity index (χ1v) is 7.71. The second kappa shape index (κ2) is 5.63. The van der Waals surface area contributed by atoms with Crippen molar-refractivity contribution in [3.8, 4) is 0 Å². The maximum absolute atomic E-state index is 13.6. The number of nitrogens with two attached hydrogens (primary N) is 1. The summed E-state index contributed by atoms with van der Waals surface area (Å²) in [6.45, 7) is 1.32. The standard InChI is InChI=1S/C11H9Cl2FN4O2S/c1-5-7(14)2-6(15)3-8(5)21(19,20)18-10-4-9(12)16-11(13)17-10/h2-4H,15H2,1H3,(H,16,17,18). The number of rotatable bonds is 3. The van der Waals surface area contributed by atoms with Crippen LogP contribution in [0.25, 0.3) is 0 Å². The Labute approximate surface area is 130 Å². The van der Waals surface area contributed by atoms with Crippen molar-refractivity contribution in [1.82, 2.24) is 9.97 Å². The molecule has 0 aliphatic heterocycles. The number of halogens is 3. The van der Waals surface area contributed by atoms with E-state index in [-0.39, 0.29) is 32.4 Å². The number of nitrogen functional groups attached to an aromatic ring is 1. The van der Waals surface area contributed by atoms with Gasteiger partial charge in [0, 0.05) is 17.3 Å². The molecule has 0 aliphatic carbocycles. The van der Waals surface area contributed by atoms with E-state index in [1.54, 1.807) is 0 Å². The lowest BCUT2D eigenvalue weighted by molar-refractivity contribution is 0.591. The van der Waals surface area contributed by atoms with Gasteiger partial charge in [-0.3, -0.25) is 4.72 Å². The lowest BCUT2D eigenvalue weighted by Gasteiger charge is -2.11. The minimum Gasteiger partial charge on any atom is -0.399 e. The van der Waals surface area contributed by atoms with Crippen molar-refractivity contribution in [3.63, 3.8) is 0 Å². The van der Waals surface area contributed by atoms with E-state index in [2.05, 4.69) is 14.7 Å². The summed E-state index contributed by atoms with van der Waals surface area (Å²) in [7, 11) is -4.10. The predicted molar refractivity (Wildman–Crippen MR) is 78.4 cm³/mol. The highest BCUT2D eigenvalue weighted by Crippen LogP contribution is 2.24. The maximum atomic E-state index is 13.6. The second-order valence-corrected chi connectivity index (χ2v) is 6.45. The van der Waals surface area contributed by atoms with Crippen LogP contribution in [-0.2, 0) is 10.0 Å². The summed E-state index contributed by atoms with van der Waals surface area (Å²) in [5.41, 5.74) is 5.38. The third-order valence-electron chi connectivity index (χ3n) is 2.52. The zero-order chi connectivity index (χ0) is 15.8. The smallest absolute Gasteiger partial charge is 0.263 e. The normalized spacial score (nSPS) is 11.4. The molecule has 0 radical (unpaired) electrons. The van der Waals surface area contributed by atoms with Crippen molar-refractivity contribution in [2.45, 2.75) is 11.8 Å². The van der Waals surface area contributed by atoms with Gasteiger partial charge in [-0.15, -0.1) is 0 Å². The van der Waals surface area contributed by atoms with E-state index < -0.39 is 15.8 Å². The topological polar surface area (TPSA) is 98.0 Å². The van der Waals surface area contributed by atoms with Gasteiger partial charge in [0.1, 0.15) is 16.8 Å². The predicted octanol–water partition coefficient (Wildman–Crippen LogP) is 2.61. The summed E-state index contributed by atoms with van der Waals surface area (Å²) in [5.74, 6) is -0.864. The first kappa shape index (κ1) is 15.7. The highest BCUT2D eigenvalue weighted by atomic mass is 35.5. The molecular formula is C11H9Cl2FN4O2S. The Morgan fingerprint density at radius 2 is 1.90 bits per heavy atom. The molecule has 0 atom stereocenters. The largest absolute Gasteiger partial charge is 0.399 e. The number of anilines is 2. The molecule has 2 aromatic rings. The number of nitrogens with one attached hydrogen (secondary N) is 1. The SMILES string of the molecule is Cc1c(F)cc(N)cc1S(=O)(=O)Nc1cc(Cl)nc(Cl)n1. The maximum Gasteiger partial charge on any atom is 0.263 e. The molecule has 0 saturated heterocycles.